The molecule has 26 heavy (non-hydrogen) atoms. The maximum atomic E-state index is 12.4. The Morgan fingerprint density at radius 2 is 2.00 bits per heavy atom. The van der Waals surface area contributed by atoms with Gasteiger partial charge in [-0.05, 0) is 36.2 Å². The van der Waals surface area contributed by atoms with Gasteiger partial charge in [-0.15, -0.1) is 0 Å². The number of pyridine rings is 1. The number of methoxy groups -OCH3 is 1. The molecular weight excluding hydrogens is 347 g/mol. The van der Waals surface area contributed by atoms with E-state index in [0.717, 1.165) is 17.8 Å². The zero-order chi connectivity index (χ0) is 19.0. The highest BCUT2D eigenvalue weighted by Gasteiger charge is 2.30. The Labute approximate surface area is 149 Å². The van der Waals surface area contributed by atoms with E-state index in [-0.39, 0.29) is 5.91 Å². The molecule has 1 aromatic heterocycles. The summed E-state index contributed by atoms with van der Waals surface area (Å²) in [6.07, 6.45) is -3.00. The van der Waals surface area contributed by atoms with Crippen LogP contribution in [0, 0.1) is 0 Å². The average molecular weight is 367 g/mol. The summed E-state index contributed by atoms with van der Waals surface area (Å²) in [5.74, 6) is 0.173. The molecule has 0 aliphatic rings. The first kappa shape index (κ1) is 19.7. The molecule has 1 heterocycles. The first-order valence-corrected chi connectivity index (χ1v) is 8.03. The van der Waals surface area contributed by atoms with Gasteiger partial charge >= 0.3 is 6.18 Å². The lowest BCUT2D eigenvalue weighted by molar-refractivity contribution is -0.137. The summed E-state index contributed by atoms with van der Waals surface area (Å²) in [5.41, 5.74) is 0.679. The summed E-state index contributed by atoms with van der Waals surface area (Å²) in [6, 6.07) is 9.41. The summed E-state index contributed by atoms with van der Waals surface area (Å²) >= 11 is 0. The van der Waals surface area contributed by atoms with E-state index in [1.54, 1.807) is 25.3 Å². The third kappa shape index (κ3) is 6.03. The SMILES string of the molecule is COCc1cccc(C(=O)NCCCNc2ccc(C(F)(F)F)cn2)c1. The van der Waals surface area contributed by atoms with Gasteiger partial charge < -0.3 is 15.4 Å². The highest BCUT2D eigenvalue weighted by molar-refractivity contribution is 5.94. The number of rotatable bonds is 8. The summed E-state index contributed by atoms with van der Waals surface area (Å²) in [7, 11) is 1.59. The van der Waals surface area contributed by atoms with Crippen LogP contribution in [0.15, 0.2) is 42.6 Å². The molecule has 2 aromatic rings. The van der Waals surface area contributed by atoms with Gasteiger partial charge in [0.25, 0.3) is 5.91 Å². The van der Waals surface area contributed by atoms with E-state index in [2.05, 4.69) is 15.6 Å². The third-order valence-corrected chi connectivity index (χ3v) is 3.54. The number of ether oxygens (including phenoxy) is 1. The Balaban J connectivity index is 1.72. The second-order valence-electron chi connectivity index (χ2n) is 5.60. The number of nitrogens with one attached hydrogen (secondary N) is 2. The number of anilines is 1. The van der Waals surface area contributed by atoms with Gasteiger partial charge in [0.1, 0.15) is 5.82 Å². The highest BCUT2D eigenvalue weighted by Crippen LogP contribution is 2.28. The number of amides is 1. The molecule has 0 unspecified atom stereocenters. The Hall–Kier alpha value is -2.61. The normalized spacial score (nSPS) is 11.2. The molecule has 0 spiro atoms. The molecule has 5 nitrogen and oxygen atoms in total. The molecule has 2 rings (SSSR count). The van der Waals surface area contributed by atoms with Crippen molar-refractivity contribution in [2.45, 2.75) is 19.2 Å². The van der Waals surface area contributed by atoms with Crippen molar-refractivity contribution in [1.82, 2.24) is 10.3 Å². The fraction of sp³-hybridized carbons (Fsp3) is 0.333. The fourth-order valence-corrected chi connectivity index (χ4v) is 2.24. The zero-order valence-corrected chi connectivity index (χ0v) is 14.3. The standard InChI is InChI=1S/C18H20F3N3O2/c1-26-12-13-4-2-5-14(10-13)17(25)23-9-3-8-22-16-7-6-15(11-24-16)18(19,20)21/h2,4-7,10-11H,3,8-9,12H2,1H3,(H,22,24)(H,23,25). The van der Waals surface area contributed by atoms with Crippen molar-refractivity contribution in [2.24, 2.45) is 0 Å². The number of halogens is 3. The molecule has 0 aliphatic heterocycles. The number of carbonyl (C=O) groups is 1. The molecule has 0 fully saturated rings. The predicted octanol–water partition coefficient (Wildman–Crippen LogP) is 3.48. The topological polar surface area (TPSA) is 63.2 Å². The monoisotopic (exact) mass is 367 g/mol. The van der Waals surface area contributed by atoms with Crippen molar-refractivity contribution in [3.8, 4) is 0 Å². The minimum absolute atomic E-state index is 0.185. The van der Waals surface area contributed by atoms with E-state index in [1.807, 2.05) is 6.07 Å². The van der Waals surface area contributed by atoms with Crippen LogP contribution in [-0.4, -0.2) is 31.1 Å². The van der Waals surface area contributed by atoms with Gasteiger partial charge in [0.2, 0.25) is 0 Å². The predicted molar refractivity (Wildman–Crippen MR) is 91.8 cm³/mol. The quantitative estimate of drug-likeness (QED) is 0.702. The summed E-state index contributed by atoms with van der Waals surface area (Å²) in [5, 5.41) is 5.71. The van der Waals surface area contributed by atoms with Gasteiger partial charge in [-0.1, -0.05) is 12.1 Å². The van der Waals surface area contributed by atoms with Crippen LogP contribution < -0.4 is 10.6 Å². The van der Waals surface area contributed by atoms with Crippen LogP contribution in [0.5, 0.6) is 0 Å². The van der Waals surface area contributed by atoms with Gasteiger partial charge in [0.15, 0.2) is 0 Å². The van der Waals surface area contributed by atoms with Gasteiger partial charge in [0.05, 0.1) is 12.2 Å². The van der Waals surface area contributed by atoms with Gasteiger partial charge in [-0.3, -0.25) is 4.79 Å². The number of benzene rings is 1. The Morgan fingerprint density at radius 3 is 2.65 bits per heavy atom. The average Bonchev–Trinajstić information content (AvgIpc) is 2.61. The van der Waals surface area contributed by atoms with Crippen LogP contribution in [0.3, 0.4) is 0 Å². The van der Waals surface area contributed by atoms with Crippen LogP contribution in [0.4, 0.5) is 19.0 Å². The third-order valence-electron chi connectivity index (χ3n) is 3.54. The minimum atomic E-state index is -4.39. The zero-order valence-electron chi connectivity index (χ0n) is 14.3. The minimum Gasteiger partial charge on any atom is -0.380 e. The number of hydrogen-bond donors (Lipinski definition) is 2. The van der Waals surface area contributed by atoms with E-state index in [9.17, 15) is 18.0 Å². The number of aromatic nitrogens is 1. The number of nitrogens with zero attached hydrogens (tertiary/aromatic N) is 1. The van der Waals surface area contributed by atoms with E-state index in [1.165, 1.54) is 6.07 Å². The van der Waals surface area contributed by atoms with E-state index in [0.29, 0.717) is 37.5 Å². The molecule has 0 radical (unpaired) electrons. The second kappa shape index (κ2) is 9.19. The molecule has 0 saturated heterocycles. The largest absolute Gasteiger partial charge is 0.417 e. The molecule has 2 N–H and O–H groups in total. The van der Waals surface area contributed by atoms with E-state index < -0.39 is 11.7 Å². The molecule has 1 amide bonds. The fourth-order valence-electron chi connectivity index (χ4n) is 2.24. The molecule has 0 atom stereocenters. The summed E-state index contributed by atoms with van der Waals surface area (Å²) < 4.78 is 42.4. The van der Waals surface area contributed by atoms with Crippen molar-refractivity contribution in [3.63, 3.8) is 0 Å². The Bertz CT molecular complexity index is 718. The number of alkyl halides is 3. The molecule has 0 bridgehead atoms. The molecule has 140 valence electrons. The van der Waals surface area contributed by atoms with E-state index in [4.69, 9.17) is 4.74 Å². The first-order chi connectivity index (χ1) is 12.4. The summed E-state index contributed by atoms with van der Waals surface area (Å²) in [4.78, 5) is 15.8. The van der Waals surface area contributed by atoms with Crippen LogP contribution in [0.2, 0.25) is 0 Å². The van der Waals surface area contributed by atoms with Crippen LogP contribution in [-0.2, 0) is 17.5 Å². The van der Waals surface area contributed by atoms with Crippen molar-refractivity contribution < 1.29 is 22.7 Å². The first-order valence-electron chi connectivity index (χ1n) is 8.03. The van der Waals surface area contributed by atoms with Crippen LogP contribution in [0.1, 0.15) is 27.9 Å². The van der Waals surface area contributed by atoms with Crippen molar-refractivity contribution in [3.05, 3.63) is 59.3 Å². The Kier molecular flexibility index (Phi) is 6.97. The summed E-state index contributed by atoms with van der Waals surface area (Å²) in [6.45, 7) is 1.34. The Morgan fingerprint density at radius 1 is 1.19 bits per heavy atom. The molecular formula is C18H20F3N3O2. The maximum absolute atomic E-state index is 12.4. The highest BCUT2D eigenvalue weighted by atomic mass is 19.4. The molecule has 8 heteroatoms. The molecule has 0 saturated carbocycles. The van der Waals surface area contributed by atoms with Crippen LogP contribution >= 0.6 is 0 Å². The maximum Gasteiger partial charge on any atom is 0.417 e. The lowest BCUT2D eigenvalue weighted by Crippen LogP contribution is -2.26. The van der Waals surface area contributed by atoms with Gasteiger partial charge in [0, 0.05) is 32.0 Å². The van der Waals surface area contributed by atoms with Gasteiger partial charge in [-0.2, -0.15) is 13.2 Å². The lowest BCUT2D eigenvalue weighted by atomic mass is 10.1. The number of hydrogen-bond acceptors (Lipinski definition) is 4. The molecule has 0 aliphatic carbocycles. The number of carbonyl (C=O) groups excluding carboxylic acids is 1. The molecule has 1 aromatic carbocycles. The van der Waals surface area contributed by atoms with Crippen molar-refractivity contribution in [2.75, 3.05) is 25.5 Å². The smallest absolute Gasteiger partial charge is 0.380 e. The van der Waals surface area contributed by atoms with Gasteiger partial charge in [-0.25, -0.2) is 4.98 Å². The second-order valence-corrected chi connectivity index (χ2v) is 5.60. The van der Waals surface area contributed by atoms with Crippen LogP contribution in [0.25, 0.3) is 0 Å². The van der Waals surface area contributed by atoms with Crippen molar-refractivity contribution in [1.29, 1.82) is 0 Å². The van der Waals surface area contributed by atoms with E-state index >= 15 is 0 Å². The van der Waals surface area contributed by atoms with Crippen molar-refractivity contribution >= 4 is 11.7 Å². The lowest BCUT2D eigenvalue weighted by Gasteiger charge is -2.09.